The highest BCUT2D eigenvalue weighted by molar-refractivity contribution is 5.85. The van der Waals surface area contributed by atoms with Crippen molar-refractivity contribution in [1.82, 2.24) is 10.6 Å². The first-order valence-corrected chi connectivity index (χ1v) is 8.84. The number of aryl methyl sites for hydroxylation is 2. The maximum atomic E-state index is 12.0. The van der Waals surface area contributed by atoms with Gasteiger partial charge in [0.2, 0.25) is 5.91 Å². The summed E-state index contributed by atoms with van der Waals surface area (Å²) < 4.78 is 0. The zero-order chi connectivity index (χ0) is 16.8. The molecule has 1 amide bonds. The number of benzene rings is 2. The maximum absolute atomic E-state index is 12.0. The summed E-state index contributed by atoms with van der Waals surface area (Å²) in [7, 11) is 0. The van der Waals surface area contributed by atoms with Crippen LogP contribution >= 0.6 is 12.4 Å². The Balaban J connectivity index is 0.00000225. The van der Waals surface area contributed by atoms with Gasteiger partial charge in [-0.15, -0.1) is 12.4 Å². The lowest BCUT2D eigenvalue weighted by atomic mass is 10.1. The van der Waals surface area contributed by atoms with Crippen LogP contribution in [0.1, 0.15) is 47.1 Å². The van der Waals surface area contributed by atoms with Crippen molar-refractivity contribution in [3.8, 4) is 0 Å². The summed E-state index contributed by atoms with van der Waals surface area (Å²) in [6.45, 7) is 4.63. The number of hydrogen-bond acceptors (Lipinski definition) is 2. The quantitative estimate of drug-likeness (QED) is 0.733. The topological polar surface area (TPSA) is 41.1 Å². The Hall–Kier alpha value is -1.84. The van der Waals surface area contributed by atoms with E-state index in [4.69, 9.17) is 0 Å². The molecule has 1 aliphatic rings. The number of fused-ring (bicyclic) bond motifs is 1. The monoisotopic (exact) mass is 358 g/mol. The lowest BCUT2D eigenvalue weighted by Crippen LogP contribution is -2.22. The average Bonchev–Trinajstić information content (AvgIpc) is 3.06. The van der Waals surface area contributed by atoms with Crippen LogP contribution in [0.25, 0.3) is 0 Å². The van der Waals surface area contributed by atoms with E-state index >= 15 is 0 Å². The Bertz CT molecular complexity index is 698. The first-order valence-electron chi connectivity index (χ1n) is 8.84. The van der Waals surface area contributed by atoms with Crippen molar-refractivity contribution >= 4 is 18.3 Å². The minimum Gasteiger partial charge on any atom is -0.352 e. The van der Waals surface area contributed by atoms with Crippen molar-refractivity contribution in [1.29, 1.82) is 0 Å². The molecule has 0 saturated carbocycles. The van der Waals surface area contributed by atoms with Crippen molar-refractivity contribution < 1.29 is 4.79 Å². The van der Waals surface area contributed by atoms with Gasteiger partial charge in [-0.1, -0.05) is 48.0 Å². The van der Waals surface area contributed by atoms with E-state index in [1.165, 1.54) is 27.8 Å². The zero-order valence-corrected chi connectivity index (χ0v) is 15.6. The van der Waals surface area contributed by atoms with Crippen LogP contribution in [0.5, 0.6) is 0 Å². The van der Waals surface area contributed by atoms with Gasteiger partial charge in [-0.25, -0.2) is 0 Å². The first kappa shape index (κ1) is 19.5. The molecule has 0 aliphatic carbocycles. The number of carbonyl (C=O) groups is 1. The molecular formula is C21H27ClN2O. The molecule has 0 unspecified atom stereocenters. The van der Waals surface area contributed by atoms with Crippen LogP contribution in [-0.4, -0.2) is 5.91 Å². The van der Waals surface area contributed by atoms with E-state index in [1.54, 1.807) is 0 Å². The van der Waals surface area contributed by atoms with Gasteiger partial charge in [0.15, 0.2) is 0 Å². The second-order valence-corrected chi connectivity index (χ2v) is 6.68. The molecule has 0 spiro atoms. The molecule has 0 bridgehead atoms. The third-order valence-corrected chi connectivity index (χ3v) is 4.63. The third kappa shape index (κ3) is 5.87. The van der Waals surface area contributed by atoms with Gasteiger partial charge >= 0.3 is 0 Å². The molecule has 0 aromatic heterocycles. The zero-order valence-electron chi connectivity index (χ0n) is 14.8. The molecule has 3 nitrogen and oxygen atoms in total. The maximum Gasteiger partial charge on any atom is 0.220 e. The fraction of sp³-hybridized carbons (Fsp3) is 0.381. The van der Waals surface area contributed by atoms with E-state index in [-0.39, 0.29) is 18.3 Å². The van der Waals surface area contributed by atoms with Crippen LogP contribution in [0.4, 0.5) is 0 Å². The summed E-state index contributed by atoms with van der Waals surface area (Å²) in [6, 6.07) is 15.1. The van der Waals surface area contributed by atoms with Gasteiger partial charge in [0, 0.05) is 26.1 Å². The lowest BCUT2D eigenvalue weighted by molar-refractivity contribution is -0.121. The highest BCUT2D eigenvalue weighted by Gasteiger charge is 2.10. The van der Waals surface area contributed by atoms with E-state index in [9.17, 15) is 4.79 Å². The van der Waals surface area contributed by atoms with E-state index in [0.717, 1.165) is 32.4 Å². The molecule has 134 valence electrons. The summed E-state index contributed by atoms with van der Waals surface area (Å²) in [5.74, 6) is 0.150. The van der Waals surface area contributed by atoms with Gasteiger partial charge in [0.25, 0.3) is 0 Å². The second-order valence-electron chi connectivity index (χ2n) is 6.68. The highest BCUT2D eigenvalue weighted by atomic mass is 35.5. The molecule has 0 saturated heterocycles. The fourth-order valence-electron chi connectivity index (χ4n) is 3.12. The molecule has 0 fully saturated rings. The van der Waals surface area contributed by atoms with Crippen LogP contribution in [0.15, 0.2) is 42.5 Å². The van der Waals surface area contributed by atoms with E-state index in [2.05, 4.69) is 60.0 Å². The molecule has 2 N–H and O–H groups in total. The first-order chi connectivity index (χ1) is 11.7. The number of unbranched alkanes of at least 4 members (excludes halogenated alkanes) is 1. The Kier molecular flexibility index (Phi) is 7.48. The summed E-state index contributed by atoms with van der Waals surface area (Å²) in [4.78, 5) is 12.0. The van der Waals surface area contributed by atoms with Crippen LogP contribution in [-0.2, 0) is 30.8 Å². The smallest absolute Gasteiger partial charge is 0.220 e. The summed E-state index contributed by atoms with van der Waals surface area (Å²) in [5.41, 5.74) is 6.57. The van der Waals surface area contributed by atoms with E-state index in [1.807, 2.05) is 0 Å². The van der Waals surface area contributed by atoms with Crippen molar-refractivity contribution in [2.75, 3.05) is 0 Å². The van der Waals surface area contributed by atoms with Crippen molar-refractivity contribution in [2.45, 2.75) is 52.2 Å². The number of hydrogen-bond donors (Lipinski definition) is 2. The van der Waals surface area contributed by atoms with E-state index < -0.39 is 0 Å². The molecule has 0 radical (unpaired) electrons. The van der Waals surface area contributed by atoms with Gasteiger partial charge in [0.05, 0.1) is 0 Å². The normalized spacial score (nSPS) is 12.4. The van der Waals surface area contributed by atoms with Crippen molar-refractivity contribution in [3.05, 3.63) is 70.3 Å². The standard InChI is InChI=1S/C21H26N2O.ClH/c1-16-6-8-17(9-7-16)4-2-3-5-21(24)23-13-18-10-11-19-14-22-15-20(19)12-18;/h6-12,22H,2-5,13-15H2,1H3,(H,23,24);1H. The number of halogens is 1. The van der Waals surface area contributed by atoms with Gasteiger partial charge in [-0.05, 0) is 48.4 Å². The largest absolute Gasteiger partial charge is 0.352 e. The fourth-order valence-corrected chi connectivity index (χ4v) is 3.12. The van der Waals surface area contributed by atoms with Crippen molar-refractivity contribution in [2.24, 2.45) is 0 Å². The van der Waals surface area contributed by atoms with Gasteiger partial charge in [-0.2, -0.15) is 0 Å². The number of rotatable bonds is 7. The number of nitrogens with one attached hydrogen (secondary N) is 2. The lowest BCUT2D eigenvalue weighted by Gasteiger charge is -2.07. The van der Waals surface area contributed by atoms with Crippen LogP contribution in [0.3, 0.4) is 0 Å². The SMILES string of the molecule is Cc1ccc(CCCCC(=O)NCc2ccc3c(c2)CNC3)cc1.Cl. The highest BCUT2D eigenvalue weighted by Crippen LogP contribution is 2.17. The third-order valence-electron chi connectivity index (χ3n) is 4.63. The molecule has 25 heavy (non-hydrogen) atoms. The van der Waals surface area contributed by atoms with E-state index in [0.29, 0.717) is 13.0 Å². The van der Waals surface area contributed by atoms with Crippen LogP contribution < -0.4 is 10.6 Å². The van der Waals surface area contributed by atoms with Crippen LogP contribution in [0.2, 0.25) is 0 Å². The van der Waals surface area contributed by atoms with Gasteiger partial charge in [0.1, 0.15) is 0 Å². The molecule has 1 heterocycles. The molecule has 2 aromatic carbocycles. The molecular weight excluding hydrogens is 332 g/mol. The number of amides is 1. The molecule has 2 aromatic rings. The van der Waals surface area contributed by atoms with Crippen LogP contribution in [0, 0.1) is 6.92 Å². The Morgan fingerprint density at radius 2 is 1.72 bits per heavy atom. The predicted molar refractivity (Wildman–Crippen MR) is 105 cm³/mol. The summed E-state index contributed by atoms with van der Waals surface area (Å²) in [6.07, 6.45) is 3.65. The summed E-state index contributed by atoms with van der Waals surface area (Å²) in [5, 5.41) is 6.38. The minimum absolute atomic E-state index is 0. The average molecular weight is 359 g/mol. The van der Waals surface area contributed by atoms with Crippen molar-refractivity contribution in [3.63, 3.8) is 0 Å². The molecule has 0 atom stereocenters. The number of carbonyl (C=O) groups excluding carboxylic acids is 1. The van der Waals surface area contributed by atoms with Gasteiger partial charge in [-0.3, -0.25) is 4.79 Å². The second kappa shape index (κ2) is 9.59. The Morgan fingerprint density at radius 3 is 2.52 bits per heavy atom. The Labute approximate surface area is 156 Å². The summed E-state index contributed by atoms with van der Waals surface area (Å²) >= 11 is 0. The molecule has 1 aliphatic heterocycles. The van der Waals surface area contributed by atoms with Gasteiger partial charge < -0.3 is 10.6 Å². The minimum atomic E-state index is 0. The predicted octanol–water partition coefficient (Wildman–Crippen LogP) is 4.05. The molecule has 3 rings (SSSR count). The Morgan fingerprint density at radius 1 is 1.00 bits per heavy atom. The molecule has 4 heteroatoms.